The van der Waals surface area contributed by atoms with Crippen molar-refractivity contribution in [1.29, 1.82) is 0 Å². The molecule has 1 amide bonds. The summed E-state index contributed by atoms with van der Waals surface area (Å²) in [6, 6.07) is 8.89. The van der Waals surface area contributed by atoms with E-state index in [1.807, 2.05) is 0 Å². The Balaban J connectivity index is 1.35. The Hall–Kier alpha value is -2.52. The van der Waals surface area contributed by atoms with Crippen molar-refractivity contribution in [1.82, 2.24) is 9.88 Å². The van der Waals surface area contributed by atoms with Gasteiger partial charge in [-0.1, -0.05) is 17.4 Å². The molecule has 1 aromatic heterocycles. The second-order valence-electron chi connectivity index (χ2n) is 7.74. The summed E-state index contributed by atoms with van der Waals surface area (Å²) < 4.78 is 39.0. The smallest absolute Gasteiger partial charge is 0.223 e. The molecule has 0 aliphatic carbocycles. The van der Waals surface area contributed by atoms with Crippen LogP contribution in [-0.2, 0) is 14.6 Å². The van der Waals surface area contributed by atoms with Gasteiger partial charge in [0, 0.05) is 32.6 Å². The Morgan fingerprint density at radius 3 is 2.42 bits per heavy atom. The highest BCUT2D eigenvalue weighted by molar-refractivity contribution is 7.91. The second kappa shape index (κ2) is 8.55. The van der Waals surface area contributed by atoms with Crippen LogP contribution in [0.5, 0.6) is 0 Å². The van der Waals surface area contributed by atoms with Gasteiger partial charge in [0.15, 0.2) is 15.0 Å². The molecule has 6 nitrogen and oxygen atoms in total. The van der Waals surface area contributed by atoms with Gasteiger partial charge in [-0.3, -0.25) is 4.79 Å². The summed E-state index contributed by atoms with van der Waals surface area (Å²) in [6.45, 7) is 6.54. The average Bonchev–Trinajstić information content (AvgIpc) is 3.20. The molecule has 1 aliphatic rings. The number of rotatable bonds is 5. The van der Waals surface area contributed by atoms with Crippen LogP contribution in [-0.4, -0.2) is 56.1 Å². The summed E-state index contributed by atoms with van der Waals surface area (Å²) in [5, 5.41) is 0.953. The number of thiazole rings is 1. The zero-order chi connectivity index (χ0) is 22.2. The maximum Gasteiger partial charge on any atom is 0.223 e. The quantitative estimate of drug-likeness (QED) is 0.544. The summed E-state index contributed by atoms with van der Waals surface area (Å²) in [6.07, 6.45) is -0.0840. The van der Waals surface area contributed by atoms with E-state index < -0.39 is 15.7 Å². The molecule has 1 aliphatic heterocycles. The molecule has 0 atom stereocenters. The van der Waals surface area contributed by atoms with Crippen LogP contribution in [0.3, 0.4) is 0 Å². The van der Waals surface area contributed by atoms with Crippen molar-refractivity contribution >= 4 is 42.4 Å². The topological polar surface area (TPSA) is 70.6 Å². The molecule has 0 spiro atoms. The van der Waals surface area contributed by atoms with E-state index in [1.54, 1.807) is 16.2 Å². The zero-order valence-corrected chi connectivity index (χ0v) is 19.1. The fraction of sp³-hybridized carbons (Fsp3) is 0.364. The highest BCUT2D eigenvalue weighted by Crippen LogP contribution is 2.32. The van der Waals surface area contributed by atoms with Gasteiger partial charge in [0.25, 0.3) is 0 Å². The number of anilines is 1. The predicted molar refractivity (Wildman–Crippen MR) is 121 cm³/mol. The Morgan fingerprint density at radius 1 is 1.06 bits per heavy atom. The molecule has 0 radical (unpaired) electrons. The van der Waals surface area contributed by atoms with E-state index in [-0.39, 0.29) is 23.0 Å². The number of nitrogens with zero attached hydrogens (tertiary/aromatic N) is 3. The number of piperazine rings is 1. The monoisotopic (exact) mass is 461 g/mol. The van der Waals surface area contributed by atoms with Crippen molar-refractivity contribution < 1.29 is 17.6 Å². The van der Waals surface area contributed by atoms with Crippen LogP contribution in [0, 0.1) is 19.7 Å². The SMILES string of the molecule is Cc1ccc2sc(N3CCN(C(=O)CCS(=O)(=O)c4ccc(F)cc4)CC3)nc2c1C. The standard InChI is InChI=1S/C22H24FN3O3S2/c1-15-3-8-19-21(16(15)2)24-22(30-19)26-12-10-25(11-13-26)20(27)9-14-31(28,29)18-6-4-17(23)5-7-18/h3-8H,9-14H2,1-2H3. The van der Waals surface area contributed by atoms with Crippen LogP contribution in [0.25, 0.3) is 10.2 Å². The van der Waals surface area contributed by atoms with Crippen LogP contribution in [0.1, 0.15) is 17.5 Å². The van der Waals surface area contributed by atoms with Gasteiger partial charge in [-0.05, 0) is 55.3 Å². The number of halogens is 1. The number of fused-ring (bicyclic) bond motifs is 1. The van der Waals surface area contributed by atoms with Crippen LogP contribution in [0.4, 0.5) is 9.52 Å². The highest BCUT2D eigenvalue weighted by atomic mass is 32.2. The third kappa shape index (κ3) is 4.57. The molecule has 0 bridgehead atoms. The molecule has 0 saturated carbocycles. The van der Waals surface area contributed by atoms with E-state index in [9.17, 15) is 17.6 Å². The van der Waals surface area contributed by atoms with E-state index in [2.05, 4.69) is 30.9 Å². The summed E-state index contributed by atoms with van der Waals surface area (Å²) in [5.74, 6) is -0.957. The van der Waals surface area contributed by atoms with Crippen molar-refractivity contribution in [3.05, 3.63) is 53.3 Å². The van der Waals surface area contributed by atoms with Gasteiger partial charge in [0.1, 0.15) is 5.82 Å². The molecule has 0 N–H and O–H groups in total. The maximum absolute atomic E-state index is 13.0. The number of aromatic nitrogens is 1. The van der Waals surface area contributed by atoms with Gasteiger partial charge in [-0.15, -0.1) is 0 Å². The second-order valence-corrected chi connectivity index (χ2v) is 10.9. The third-order valence-electron chi connectivity index (χ3n) is 5.73. The minimum Gasteiger partial charge on any atom is -0.345 e. The number of hydrogen-bond acceptors (Lipinski definition) is 6. The summed E-state index contributed by atoms with van der Waals surface area (Å²) in [7, 11) is -3.62. The minimum absolute atomic E-state index is 0.0351. The molecule has 3 aromatic rings. The van der Waals surface area contributed by atoms with Gasteiger partial charge in [-0.25, -0.2) is 17.8 Å². The normalized spacial score (nSPS) is 14.9. The Labute approximate surface area is 185 Å². The van der Waals surface area contributed by atoms with Gasteiger partial charge in [-0.2, -0.15) is 0 Å². The first-order valence-corrected chi connectivity index (χ1v) is 12.6. The largest absolute Gasteiger partial charge is 0.345 e. The molecule has 164 valence electrons. The lowest BCUT2D eigenvalue weighted by Gasteiger charge is -2.34. The van der Waals surface area contributed by atoms with E-state index >= 15 is 0 Å². The fourth-order valence-corrected chi connectivity index (χ4v) is 5.94. The van der Waals surface area contributed by atoms with E-state index in [4.69, 9.17) is 4.98 Å². The lowest BCUT2D eigenvalue weighted by atomic mass is 10.1. The summed E-state index contributed by atoms with van der Waals surface area (Å²) in [5.41, 5.74) is 3.44. The summed E-state index contributed by atoms with van der Waals surface area (Å²) >= 11 is 1.65. The number of carbonyl (C=O) groups is 1. The predicted octanol–water partition coefficient (Wildman–Crippen LogP) is 3.56. The number of amides is 1. The third-order valence-corrected chi connectivity index (χ3v) is 8.55. The average molecular weight is 462 g/mol. The van der Waals surface area contributed by atoms with Crippen molar-refractivity contribution in [3.8, 4) is 0 Å². The lowest BCUT2D eigenvalue weighted by Crippen LogP contribution is -2.49. The molecule has 4 rings (SSSR count). The molecular formula is C22H24FN3O3S2. The van der Waals surface area contributed by atoms with Gasteiger partial charge in [0.2, 0.25) is 5.91 Å². The molecule has 1 saturated heterocycles. The number of hydrogen-bond donors (Lipinski definition) is 0. The van der Waals surface area contributed by atoms with E-state index in [0.29, 0.717) is 26.2 Å². The molecular weight excluding hydrogens is 437 g/mol. The lowest BCUT2D eigenvalue weighted by molar-refractivity contribution is -0.131. The van der Waals surface area contributed by atoms with Gasteiger partial charge in [0.05, 0.1) is 20.9 Å². The molecule has 9 heteroatoms. The number of carbonyl (C=O) groups excluding carboxylic acids is 1. The number of benzene rings is 2. The number of aryl methyl sites for hydroxylation is 2. The van der Waals surface area contributed by atoms with Crippen molar-refractivity contribution in [2.45, 2.75) is 25.2 Å². The van der Waals surface area contributed by atoms with Crippen LogP contribution in [0.2, 0.25) is 0 Å². The van der Waals surface area contributed by atoms with Crippen LogP contribution in [0.15, 0.2) is 41.3 Å². The van der Waals surface area contributed by atoms with Crippen molar-refractivity contribution in [2.75, 3.05) is 36.8 Å². The van der Waals surface area contributed by atoms with Crippen LogP contribution >= 0.6 is 11.3 Å². The summed E-state index contributed by atoms with van der Waals surface area (Å²) in [4.78, 5) is 21.3. The first kappa shape index (κ1) is 21.7. The highest BCUT2D eigenvalue weighted by Gasteiger charge is 2.25. The molecule has 31 heavy (non-hydrogen) atoms. The minimum atomic E-state index is -3.62. The molecule has 2 heterocycles. The molecule has 1 fully saturated rings. The fourth-order valence-electron chi connectivity index (χ4n) is 3.64. The first-order chi connectivity index (χ1) is 14.7. The first-order valence-electron chi connectivity index (χ1n) is 10.1. The zero-order valence-electron chi connectivity index (χ0n) is 17.5. The van der Waals surface area contributed by atoms with Crippen molar-refractivity contribution in [2.24, 2.45) is 0 Å². The van der Waals surface area contributed by atoms with Gasteiger partial charge < -0.3 is 9.80 Å². The molecule has 2 aromatic carbocycles. The molecule has 0 unspecified atom stereocenters. The Kier molecular flexibility index (Phi) is 5.98. The Morgan fingerprint density at radius 2 is 1.74 bits per heavy atom. The number of sulfone groups is 1. The van der Waals surface area contributed by atoms with Gasteiger partial charge >= 0.3 is 0 Å². The van der Waals surface area contributed by atoms with Crippen molar-refractivity contribution in [3.63, 3.8) is 0 Å². The maximum atomic E-state index is 13.0. The van der Waals surface area contributed by atoms with Crippen LogP contribution < -0.4 is 4.90 Å². The Bertz CT molecular complexity index is 1210. The van der Waals surface area contributed by atoms with E-state index in [0.717, 1.165) is 27.5 Å². The van der Waals surface area contributed by atoms with E-state index in [1.165, 1.54) is 23.3 Å².